The normalized spacial score (nSPS) is 31.3. The van der Waals surface area contributed by atoms with Gasteiger partial charge in [-0.05, 0) is 31.3 Å². The Bertz CT molecular complexity index is 226. The van der Waals surface area contributed by atoms with Gasteiger partial charge in [-0.3, -0.25) is 0 Å². The molecule has 0 aromatic rings. The Kier molecular flexibility index (Phi) is 1.76. The van der Waals surface area contributed by atoms with Crippen LogP contribution in [0.5, 0.6) is 0 Å². The van der Waals surface area contributed by atoms with Gasteiger partial charge in [0.2, 0.25) is 0 Å². The minimum atomic E-state index is -0.0864. The van der Waals surface area contributed by atoms with E-state index in [2.05, 4.69) is 0 Å². The second-order valence-electron chi connectivity index (χ2n) is 3.28. The van der Waals surface area contributed by atoms with E-state index >= 15 is 0 Å². The minimum absolute atomic E-state index is 0.0864. The second-order valence-corrected chi connectivity index (χ2v) is 3.69. The predicted molar refractivity (Wildman–Crippen MR) is 44.0 cm³/mol. The van der Waals surface area contributed by atoms with Gasteiger partial charge in [0, 0.05) is 5.92 Å². The van der Waals surface area contributed by atoms with E-state index in [0.29, 0.717) is 11.0 Å². The van der Waals surface area contributed by atoms with Crippen LogP contribution in [0.1, 0.15) is 19.3 Å². The van der Waals surface area contributed by atoms with Crippen LogP contribution in [0, 0.1) is 11.8 Å². The molecule has 2 aliphatic rings. The van der Waals surface area contributed by atoms with E-state index in [1.165, 1.54) is 12.8 Å². The highest BCUT2D eigenvalue weighted by molar-refractivity contribution is 6.31. The van der Waals surface area contributed by atoms with E-state index in [-0.39, 0.29) is 11.7 Å². The van der Waals surface area contributed by atoms with Crippen LogP contribution >= 0.6 is 11.6 Å². The average molecular weight is 173 g/mol. The van der Waals surface area contributed by atoms with Crippen molar-refractivity contribution in [1.82, 2.24) is 0 Å². The Morgan fingerprint density at radius 2 is 2.18 bits per heavy atom. The smallest absolute Gasteiger partial charge is 0.122 e. The molecule has 0 saturated heterocycles. The maximum Gasteiger partial charge on any atom is 0.122 e. The summed E-state index contributed by atoms with van der Waals surface area (Å²) in [5.74, 6) is 0.595. The fourth-order valence-corrected chi connectivity index (χ4v) is 1.81. The molecule has 1 saturated carbocycles. The largest absolute Gasteiger partial charge is 0.210 e. The topological polar surface area (TPSA) is 0 Å². The number of allylic oxidation sites excluding steroid dienone is 4. The first-order valence-electron chi connectivity index (χ1n) is 4.00. The van der Waals surface area contributed by atoms with E-state index in [1.807, 2.05) is 6.08 Å². The molecule has 0 amide bonds. The lowest BCUT2D eigenvalue weighted by Crippen LogP contribution is -2.06. The summed E-state index contributed by atoms with van der Waals surface area (Å²) in [6.45, 7) is 0. The van der Waals surface area contributed by atoms with Crippen molar-refractivity contribution in [3.05, 3.63) is 23.0 Å². The molecule has 1 fully saturated rings. The van der Waals surface area contributed by atoms with E-state index in [9.17, 15) is 4.39 Å². The van der Waals surface area contributed by atoms with Crippen molar-refractivity contribution in [3.8, 4) is 0 Å². The van der Waals surface area contributed by atoms with Crippen LogP contribution in [0.15, 0.2) is 23.0 Å². The standard InChI is InChI=1S/C9H10ClF/c10-8-3-1-2-7(9(8)11)6-4-5-6/h1,3,6-7H,2,4-5H2. The van der Waals surface area contributed by atoms with Gasteiger partial charge in [-0.1, -0.05) is 17.7 Å². The molecule has 0 nitrogen and oxygen atoms in total. The minimum Gasteiger partial charge on any atom is -0.210 e. The summed E-state index contributed by atoms with van der Waals surface area (Å²) in [6.07, 6.45) is 6.82. The molecule has 0 spiro atoms. The first-order valence-corrected chi connectivity index (χ1v) is 4.38. The average Bonchev–Trinajstić information content (AvgIpc) is 2.77. The van der Waals surface area contributed by atoms with Crippen LogP contribution in [0.3, 0.4) is 0 Å². The summed E-state index contributed by atoms with van der Waals surface area (Å²) in [7, 11) is 0. The van der Waals surface area contributed by atoms with E-state index in [1.54, 1.807) is 6.08 Å². The van der Waals surface area contributed by atoms with Crippen molar-refractivity contribution in [3.63, 3.8) is 0 Å². The third-order valence-electron chi connectivity index (χ3n) is 2.40. The molecule has 2 aliphatic carbocycles. The van der Waals surface area contributed by atoms with Gasteiger partial charge in [0.1, 0.15) is 5.83 Å². The van der Waals surface area contributed by atoms with Gasteiger partial charge in [-0.25, -0.2) is 4.39 Å². The van der Waals surface area contributed by atoms with E-state index in [4.69, 9.17) is 11.6 Å². The van der Waals surface area contributed by atoms with Crippen molar-refractivity contribution in [2.45, 2.75) is 19.3 Å². The SMILES string of the molecule is FC1=C(Cl)C=CCC1C1CC1. The van der Waals surface area contributed by atoms with Crippen LogP contribution in [-0.2, 0) is 0 Å². The molecule has 1 unspecified atom stereocenters. The van der Waals surface area contributed by atoms with Gasteiger partial charge < -0.3 is 0 Å². The molecule has 0 aliphatic heterocycles. The zero-order valence-corrected chi connectivity index (χ0v) is 6.94. The van der Waals surface area contributed by atoms with Gasteiger partial charge in [0.15, 0.2) is 0 Å². The van der Waals surface area contributed by atoms with Gasteiger partial charge in [-0.15, -0.1) is 0 Å². The monoisotopic (exact) mass is 172 g/mol. The molecule has 2 heteroatoms. The highest BCUT2D eigenvalue weighted by Gasteiger charge is 2.35. The molecule has 60 valence electrons. The first-order chi connectivity index (χ1) is 5.29. The fraction of sp³-hybridized carbons (Fsp3) is 0.556. The molecule has 1 atom stereocenters. The van der Waals surface area contributed by atoms with Gasteiger partial charge in [0.05, 0.1) is 5.03 Å². The van der Waals surface area contributed by atoms with Crippen molar-refractivity contribution in [1.29, 1.82) is 0 Å². The Morgan fingerprint density at radius 3 is 2.82 bits per heavy atom. The third-order valence-corrected chi connectivity index (χ3v) is 2.71. The van der Waals surface area contributed by atoms with Crippen molar-refractivity contribution >= 4 is 11.6 Å². The number of hydrogen-bond donors (Lipinski definition) is 0. The predicted octanol–water partition coefficient (Wildman–Crippen LogP) is 3.39. The Labute approximate surface area is 70.7 Å². The highest BCUT2D eigenvalue weighted by Crippen LogP contribution is 2.45. The van der Waals surface area contributed by atoms with Crippen LogP contribution in [0.25, 0.3) is 0 Å². The van der Waals surface area contributed by atoms with E-state index < -0.39 is 0 Å². The van der Waals surface area contributed by atoms with Crippen LogP contribution in [-0.4, -0.2) is 0 Å². The second kappa shape index (κ2) is 2.63. The summed E-state index contributed by atoms with van der Waals surface area (Å²) < 4.78 is 13.2. The molecule has 0 heterocycles. The van der Waals surface area contributed by atoms with E-state index in [0.717, 1.165) is 6.42 Å². The first kappa shape index (κ1) is 7.35. The molecule has 0 radical (unpaired) electrons. The lowest BCUT2D eigenvalue weighted by molar-refractivity contribution is 0.420. The Hall–Kier alpha value is -0.300. The number of halogens is 2. The summed E-state index contributed by atoms with van der Waals surface area (Å²) in [5, 5.41) is 0.313. The molecule has 11 heavy (non-hydrogen) atoms. The fourth-order valence-electron chi connectivity index (χ4n) is 1.58. The Balaban J connectivity index is 2.18. The molecule has 0 aromatic carbocycles. The van der Waals surface area contributed by atoms with Crippen LogP contribution in [0.4, 0.5) is 4.39 Å². The molecule has 0 bridgehead atoms. The molecule has 0 N–H and O–H groups in total. The van der Waals surface area contributed by atoms with Crippen LogP contribution in [0.2, 0.25) is 0 Å². The van der Waals surface area contributed by atoms with Gasteiger partial charge in [0.25, 0.3) is 0 Å². The highest BCUT2D eigenvalue weighted by atomic mass is 35.5. The van der Waals surface area contributed by atoms with Crippen molar-refractivity contribution in [2.75, 3.05) is 0 Å². The maximum absolute atomic E-state index is 13.2. The molecule has 0 aromatic heterocycles. The maximum atomic E-state index is 13.2. The number of rotatable bonds is 1. The Morgan fingerprint density at radius 1 is 1.45 bits per heavy atom. The molecular formula is C9H10ClF. The van der Waals surface area contributed by atoms with Crippen LogP contribution < -0.4 is 0 Å². The van der Waals surface area contributed by atoms with Gasteiger partial charge in [-0.2, -0.15) is 0 Å². The zero-order chi connectivity index (χ0) is 7.84. The zero-order valence-electron chi connectivity index (χ0n) is 6.19. The van der Waals surface area contributed by atoms with Gasteiger partial charge >= 0.3 is 0 Å². The molecular weight excluding hydrogens is 163 g/mol. The number of hydrogen-bond acceptors (Lipinski definition) is 0. The third kappa shape index (κ3) is 1.34. The quantitative estimate of drug-likeness (QED) is 0.569. The lowest BCUT2D eigenvalue weighted by atomic mass is 9.94. The molecule has 2 rings (SSSR count). The summed E-state index contributed by atoms with van der Waals surface area (Å²) in [5.41, 5.74) is 0. The summed E-state index contributed by atoms with van der Waals surface area (Å²) >= 11 is 5.65. The van der Waals surface area contributed by atoms with Crippen molar-refractivity contribution in [2.24, 2.45) is 11.8 Å². The van der Waals surface area contributed by atoms with Crippen molar-refractivity contribution < 1.29 is 4.39 Å². The summed E-state index contributed by atoms with van der Waals surface area (Å²) in [6, 6.07) is 0. The summed E-state index contributed by atoms with van der Waals surface area (Å²) in [4.78, 5) is 0. The lowest BCUT2D eigenvalue weighted by Gasteiger charge is -2.15.